The van der Waals surface area contributed by atoms with Crippen LogP contribution in [0.15, 0.2) is 42.6 Å². The number of benzene rings is 1. The van der Waals surface area contributed by atoms with Gasteiger partial charge >= 0.3 is 5.97 Å². The first kappa shape index (κ1) is 16.9. The van der Waals surface area contributed by atoms with Crippen LogP contribution in [0.4, 0.5) is 10.1 Å². The number of pyridine rings is 1. The van der Waals surface area contributed by atoms with Gasteiger partial charge < -0.3 is 10.1 Å². The molecular formula is C16H14ClFN2O3. The molecule has 0 aliphatic rings. The molecule has 1 unspecified atom stereocenters. The van der Waals surface area contributed by atoms with Crippen LogP contribution in [-0.4, -0.2) is 23.0 Å². The maximum absolute atomic E-state index is 13.5. The summed E-state index contributed by atoms with van der Waals surface area (Å²) in [7, 11) is 0. The Morgan fingerprint density at radius 2 is 2.09 bits per heavy atom. The fraction of sp³-hybridized carbons (Fsp3) is 0.188. The van der Waals surface area contributed by atoms with Crippen LogP contribution in [0, 0.1) is 5.82 Å². The highest BCUT2D eigenvalue weighted by molar-refractivity contribution is 6.29. The van der Waals surface area contributed by atoms with Crippen molar-refractivity contribution in [3.8, 4) is 0 Å². The van der Waals surface area contributed by atoms with Crippen LogP contribution in [-0.2, 0) is 9.53 Å². The van der Waals surface area contributed by atoms with Gasteiger partial charge in [-0.05, 0) is 30.7 Å². The summed E-state index contributed by atoms with van der Waals surface area (Å²) in [5, 5.41) is 2.54. The molecule has 1 aromatic carbocycles. The monoisotopic (exact) mass is 336 g/mol. The highest BCUT2D eigenvalue weighted by atomic mass is 35.5. The molecule has 2 rings (SSSR count). The average molecular weight is 337 g/mol. The zero-order chi connectivity index (χ0) is 16.8. The van der Waals surface area contributed by atoms with Crippen LogP contribution in [0.1, 0.15) is 23.7 Å². The minimum atomic E-state index is -1.05. The van der Waals surface area contributed by atoms with Gasteiger partial charge in [-0.15, -0.1) is 0 Å². The smallest absolute Gasteiger partial charge is 0.339 e. The van der Waals surface area contributed by atoms with Crippen LogP contribution < -0.4 is 5.32 Å². The van der Waals surface area contributed by atoms with E-state index >= 15 is 0 Å². The number of rotatable bonds is 5. The molecule has 0 saturated carbocycles. The predicted octanol–water partition coefficient (Wildman–Crippen LogP) is 3.45. The van der Waals surface area contributed by atoms with Crippen LogP contribution >= 0.6 is 11.6 Å². The zero-order valence-electron chi connectivity index (χ0n) is 12.3. The maximum Gasteiger partial charge on any atom is 0.339 e. The Morgan fingerprint density at radius 1 is 1.35 bits per heavy atom. The first-order valence-electron chi connectivity index (χ1n) is 6.89. The van der Waals surface area contributed by atoms with Crippen molar-refractivity contribution in [3.05, 3.63) is 59.1 Å². The topological polar surface area (TPSA) is 68.3 Å². The number of amides is 1. The summed E-state index contributed by atoms with van der Waals surface area (Å²) in [6, 6.07) is 8.51. The van der Waals surface area contributed by atoms with Gasteiger partial charge in [-0.2, -0.15) is 0 Å². The first-order chi connectivity index (χ1) is 11.0. The van der Waals surface area contributed by atoms with Gasteiger partial charge in [0.15, 0.2) is 6.10 Å². The van der Waals surface area contributed by atoms with Gasteiger partial charge in [-0.3, -0.25) is 4.79 Å². The number of hydrogen-bond acceptors (Lipinski definition) is 4. The molecule has 0 saturated heterocycles. The first-order valence-corrected chi connectivity index (χ1v) is 7.27. The lowest BCUT2D eigenvalue weighted by molar-refractivity contribution is -0.124. The van der Waals surface area contributed by atoms with E-state index in [0.29, 0.717) is 0 Å². The van der Waals surface area contributed by atoms with Crippen molar-refractivity contribution in [1.29, 1.82) is 0 Å². The molecule has 0 fully saturated rings. The lowest BCUT2D eigenvalue weighted by Gasteiger charge is -2.16. The standard InChI is InChI=1S/C16H14ClFN2O3/c1-2-13(15(21)20-12-6-4-3-5-11(12)18)23-16(22)10-7-8-19-14(17)9-10/h3-9,13H,2H2,1H3,(H,20,21). The van der Waals surface area contributed by atoms with Crippen molar-refractivity contribution >= 4 is 29.2 Å². The van der Waals surface area contributed by atoms with Crippen LogP contribution in [0.3, 0.4) is 0 Å². The third kappa shape index (κ3) is 4.50. The number of carbonyl (C=O) groups excluding carboxylic acids is 2. The molecule has 0 spiro atoms. The van der Waals surface area contributed by atoms with E-state index in [1.807, 2.05) is 0 Å². The molecule has 5 nitrogen and oxygen atoms in total. The maximum atomic E-state index is 13.5. The molecule has 120 valence electrons. The van der Waals surface area contributed by atoms with Crippen molar-refractivity contribution in [2.45, 2.75) is 19.4 Å². The Bertz CT molecular complexity index is 724. The van der Waals surface area contributed by atoms with E-state index in [1.165, 1.54) is 36.5 Å². The second-order valence-corrected chi connectivity index (χ2v) is 5.03. The molecule has 7 heteroatoms. The van der Waals surface area contributed by atoms with E-state index in [9.17, 15) is 14.0 Å². The summed E-state index contributed by atoms with van der Waals surface area (Å²) in [5.41, 5.74) is 0.209. The molecule has 1 heterocycles. The average Bonchev–Trinajstić information content (AvgIpc) is 2.54. The molecule has 1 aromatic heterocycles. The normalized spacial score (nSPS) is 11.6. The molecule has 0 radical (unpaired) electrons. The van der Waals surface area contributed by atoms with E-state index in [2.05, 4.69) is 10.3 Å². The SMILES string of the molecule is CCC(OC(=O)c1ccnc(Cl)c1)C(=O)Nc1ccccc1F. The summed E-state index contributed by atoms with van der Waals surface area (Å²) in [6.07, 6.45) is 0.554. The predicted molar refractivity (Wildman–Crippen MR) is 83.8 cm³/mol. The summed E-state index contributed by atoms with van der Waals surface area (Å²) >= 11 is 5.71. The van der Waals surface area contributed by atoms with Gasteiger partial charge in [-0.1, -0.05) is 30.7 Å². The van der Waals surface area contributed by atoms with Crippen molar-refractivity contribution in [2.75, 3.05) is 5.32 Å². The highest BCUT2D eigenvalue weighted by Gasteiger charge is 2.23. The van der Waals surface area contributed by atoms with E-state index in [0.717, 1.165) is 0 Å². The summed E-state index contributed by atoms with van der Waals surface area (Å²) < 4.78 is 18.7. The van der Waals surface area contributed by atoms with Crippen molar-refractivity contribution in [2.24, 2.45) is 0 Å². The molecule has 0 aliphatic heterocycles. The molecule has 2 aromatic rings. The number of anilines is 1. The van der Waals surface area contributed by atoms with Crippen LogP contribution in [0.2, 0.25) is 5.15 Å². The molecule has 0 aliphatic carbocycles. The Morgan fingerprint density at radius 3 is 2.74 bits per heavy atom. The Labute approximate surface area is 137 Å². The Balaban J connectivity index is 2.06. The van der Waals surface area contributed by atoms with Crippen LogP contribution in [0.25, 0.3) is 0 Å². The van der Waals surface area contributed by atoms with Crippen molar-refractivity contribution in [3.63, 3.8) is 0 Å². The van der Waals surface area contributed by atoms with E-state index < -0.39 is 23.8 Å². The number of carbonyl (C=O) groups is 2. The van der Waals surface area contributed by atoms with Crippen molar-refractivity contribution in [1.82, 2.24) is 4.98 Å². The largest absolute Gasteiger partial charge is 0.449 e. The minimum Gasteiger partial charge on any atom is -0.449 e. The second-order valence-electron chi connectivity index (χ2n) is 4.64. The number of halogens is 2. The lowest BCUT2D eigenvalue weighted by atomic mass is 10.2. The van der Waals surface area contributed by atoms with Gasteiger partial charge in [0.05, 0.1) is 11.3 Å². The number of aromatic nitrogens is 1. The summed E-state index contributed by atoms with van der Waals surface area (Å²) in [6.45, 7) is 1.68. The Hall–Kier alpha value is -2.47. The van der Waals surface area contributed by atoms with E-state index in [-0.39, 0.29) is 22.8 Å². The number of hydrogen-bond donors (Lipinski definition) is 1. The van der Waals surface area contributed by atoms with E-state index in [1.54, 1.807) is 13.0 Å². The van der Waals surface area contributed by atoms with Crippen LogP contribution in [0.5, 0.6) is 0 Å². The zero-order valence-corrected chi connectivity index (χ0v) is 13.0. The number of nitrogens with zero attached hydrogens (tertiary/aromatic N) is 1. The molecule has 1 N–H and O–H groups in total. The Kier molecular flexibility index (Phi) is 5.65. The number of para-hydroxylation sites is 1. The third-order valence-electron chi connectivity index (χ3n) is 3.01. The van der Waals surface area contributed by atoms with Gasteiger partial charge in [-0.25, -0.2) is 14.2 Å². The van der Waals surface area contributed by atoms with E-state index in [4.69, 9.17) is 16.3 Å². The van der Waals surface area contributed by atoms with Gasteiger partial charge in [0.2, 0.25) is 0 Å². The second kappa shape index (κ2) is 7.69. The van der Waals surface area contributed by atoms with Gasteiger partial charge in [0.25, 0.3) is 5.91 Å². The summed E-state index contributed by atoms with van der Waals surface area (Å²) in [5.74, 6) is -1.88. The highest BCUT2D eigenvalue weighted by Crippen LogP contribution is 2.15. The fourth-order valence-electron chi connectivity index (χ4n) is 1.82. The summed E-state index contributed by atoms with van der Waals surface area (Å²) in [4.78, 5) is 27.9. The molecule has 1 atom stereocenters. The molecule has 1 amide bonds. The molecule has 0 bridgehead atoms. The van der Waals surface area contributed by atoms with Gasteiger partial charge in [0, 0.05) is 6.20 Å². The molecule has 23 heavy (non-hydrogen) atoms. The quantitative estimate of drug-likeness (QED) is 0.670. The fourth-order valence-corrected chi connectivity index (χ4v) is 2.00. The minimum absolute atomic E-state index is 0.0268. The van der Waals surface area contributed by atoms with Crippen molar-refractivity contribution < 1.29 is 18.7 Å². The molecular weight excluding hydrogens is 323 g/mol. The number of esters is 1. The lowest BCUT2D eigenvalue weighted by Crippen LogP contribution is -2.32. The third-order valence-corrected chi connectivity index (χ3v) is 3.21. The number of nitrogens with one attached hydrogen (secondary N) is 1. The van der Waals surface area contributed by atoms with Gasteiger partial charge in [0.1, 0.15) is 11.0 Å². The number of ether oxygens (including phenoxy) is 1.